The first-order valence-corrected chi connectivity index (χ1v) is 8.62. The Labute approximate surface area is 146 Å². The van der Waals surface area contributed by atoms with Crippen LogP contribution in [0.1, 0.15) is 27.7 Å². The number of ether oxygens (including phenoxy) is 2. The smallest absolute Gasteiger partial charge is 0.195 e. The quantitative estimate of drug-likeness (QED) is 0.536. The van der Waals surface area contributed by atoms with Gasteiger partial charge < -0.3 is 20.1 Å². The highest BCUT2D eigenvalue weighted by Gasteiger charge is 2.11. The number of benzene rings is 1. The molecule has 0 amide bonds. The second kappa shape index (κ2) is 10.8. The van der Waals surface area contributed by atoms with Crippen LogP contribution in [0, 0.1) is 0 Å². The van der Waals surface area contributed by atoms with Gasteiger partial charge in [0.05, 0.1) is 13.7 Å². The molecule has 0 aliphatic heterocycles. The van der Waals surface area contributed by atoms with Crippen molar-refractivity contribution in [2.45, 2.75) is 33.7 Å². The molecule has 0 radical (unpaired) electrons. The van der Waals surface area contributed by atoms with Crippen molar-refractivity contribution in [3.05, 3.63) is 18.2 Å². The molecule has 6 nitrogen and oxygen atoms in total. The molecule has 1 atom stereocenters. The van der Waals surface area contributed by atoms with Gasteiger partial charge in [-0.15, -0.1) is 0 Å². The summed E-state index contributed by atoms with van der Waals surface area (Å²) in [4.78, 5) is 6.69. The van der Waals surface area contributed by atoms with Crippen LogP contribution in [0.2, 0.25) is 0 Å². The fourth-order valence-electron chi connectivity index (χ4n) is 2.56. The Morgan fingerprint density at radius 2 is 1.92 bits per heavy atom. The van der Waals surface area contributed by atoms with Crippen LogP contribution in [0.3, 0.4) is 0 Å². The van der Waals surface area contributed by atoms with Crippen LogP contribution in [0.15, 0.2) is 23.2 Å². The summed E-state index contributed by atoms with van der Waals surface area (Å²) in [5, 5.41) is 6.66. The van der Waals surface area contributed by atoms with Crippen molar-refractivity contribution in [2.75, 3.05) is 45.7 Å². The van der Waals surface area contributed by atoms with Crippen molar-refractivity contribution in [1.82, 2.24) is 10.2 Å². The zero-order valence-electron chi connectivity index (χ0n) is 15.8. The molecule has 1 unspecified atom stereocenters. The van der Waals surface area contributed by atoms with Crippen LogP contribution in [0.25, 0.3) is 0 Å². The Bertz CT molecular complexity index is 516. The van der Waals surface area contributed by atoms with E-state index in [1.807, 2.05) is 25.1 Å². The predicted molar refractivity (Wildman–Crippen MR) is 102 cm³/mol. The SMILES string of the molecule is CCOc1ccc(NC(=NC)NCC(C)N(CC)CC)cc1OC. The zero-order chi connectivity index (χ0) is 17.9. The third-order valence-corrected chi connectivity index (χ3v) is 3.95. The molecule has 0 bridgehead atoms. The molecule has 0 saturated heterocycles. The van der Waals surface area contributed by atoms with Crippen molar-refractivity contribution >= 4 is 11.6 Å². The van der Waals surface area contributed by atoms with Crippen molar-refractivity contribution in [1.29, 1.82) is 0 Å². The van der Waals surface area contributed by atoms with Gasteiger partial charge in [0.25, 0.3) is 0 Å². The minimum absolute atomic E-state index is 0.438. The third kappa shape index (κ3) is 5.92. The second-order valence-corrected chi connectivity index (χ2v) is 5.45. The molecule has 0 aliphatic rings. The summed E-state index contributed by atoms with van der Waals surface area (Å²) in [5.41, 5.74) is 0.902. The van der Waals surface area contributed by atoms with Gasteiger partial charge in [0.1, 0.15) is 0 Å². The highest BCUT2D eigenvalue weighted by Crippen LogP contribution is 2.30. The van der Waals surface area contributed by atoms with Gasteiger partial charge in [0.2, 0.25) is 0 Å². The minimum atomic E-state index is 0.438. The molecule has 0 aliphatic carbocycles. The fourth-order valence-corrected chi connectivity index (χ4v) is 2.56. The van der Waals surface area contributed by atoms with Crippen molar-refractivity contribution < 1.29 is 9.47 Å². The normalized spacial score (nSPS) is 12.9. The Kier molecular flexibility index (Phi) is 9.01. The van der Waals surface area contributed by atoms with Crippen molar-refractivity contribution in [3.8, 4) is 11.5 Å². The highest BCUT2D eigenvalue weighted by atomic mass is 16.5. The lowest BCUT2D eigenvalue weighted by atomic mass is 10.2. The van der Waals surface area contributed by atoms with E-state index >= 15 is 0 Å². The summed E-state index contributed by atoms with van der Waals surface area (Å²) in [6.45, 7) is 12.0. The molecule has 1 aromatic carbocycles. The third-order valence-electron chi connectivity index (χ3n) is 3.95. The number of nitrogens with one attached hydrogen (secondary N) is 2. The molecule has 0 heterocycles. The van der Waals surface area contributed by atoms with Crippen LogP contribution in [0.4, 0.5) is 5.69 Å². The maximum absolute atomic E-state index is 5.54. The Morgan fingerprint density at radius 3 is 2.46 bits per heavy atom. The average Bonchev–Trinajstić information content (AvgIpc) is 2.60. The van der Waals surface area contributed by atoms with Crippen LogP contribution < -0.4 is 20.1 Å². The zero-order valence-corrected chi connectivity index (χ0v) is 15.8. The van der Waals surface area contributed by atoms with E-state index in [0.29, 0.717) is 18.4 Å². The van der Waals surface area contributed by atoms with E-state index in [4.69, 9.17) is 9.47 Å². The summed E-state index contributed by atoms with van der Waals surface area (Å²) in [7, 11) is 3.41. The van der Waals surface area contributed by atoms with E-state index in [2.05, 4.69) is 41.3 Å². The van der Waals surface area contributed by atoms with Gasteiger partial charge in [0, 0.05) is 31.4 Å². The molecule has 0 spiro atoms. The molecule has 6 heteroatoms. The summed E-state index contributed by atoms with van der Waals surface area (Å²) in [6.07, 6.45) is 0. The monoisotopic (exact) mass is 336 g/mol. The molecule has 136 valence electrons. The number of anilines is 1. The number of rotatable bonds is 9. The molecule has 0 saturated carbocycles. The molecule has 1 aromatic rings. The predicted octanol–water partition coefficient (Wildman–Crippen LogP) is 2.81. The van der Waals surface area contributed by atoms with Gasteiger partial charge in [-0.1, -0.05) is 13.8 Å². The number of hydrogen-bond acceptors (Lipinski definition) is 4. The van der Waals surface area contributed by atoms with Gasteiger partial charge in [-0.2, -0.15) is 0 Å². The van der Waals surface area contributed by atoms with Crippen LogP contribution in [-0.2, 0) is 0 Å². The van der Waals surface area contributed by atoms with Crippen molar-refractivity contribution in [2.24, 2.45) is 4.99 Å². The maximum Gasteiger partial charge on any atom is 0.195 e. The minimum Gasteiger partial charge on any atom is -0.493 e. The van der Waals surface area contributed by atoms with E-state index in [9.17, 15) is 0 Å². The van der Waals surface area contributed by atoms with Gasteiger partial charge in [-0.05, 0) is 39.1 Å². The molecular weight excluding hydrogens is 304 g/mol. The average molecular weight is 336 g/mol. The van der Waals surface area contributed by atoms with Gasteiger partial charge in [-0.3, -0.25) is 9.89 Å². The first-order chi connectivity index (χ1) is 11.6. The van der Waals surface area contributed by atoms with E-state index in [1.54, 1.807) is 14.2 Å². The second-order valence-electron chi connectivity index (χ2n) is 5.45. The molecule has 24 heavy (non-hydrogen) atoms. The Hall–Kier alpha value is -1.95. The first kappa shape index (κ1) is 20.1. The summed E-state index contributed by atoms with van der Waals surface area (Å²) < 4.78 is 10.9. The maximum atomic E-state index is 5.54. The lowest BCUT2D eigenvalue weighted by Crippen LogP contribution is -2.43. The fraction of sp³-hybridized carbons (Fsp3) is 0.611. The van der Waals surface area contributed by atoms with E-state index in [0.717, 1.165) is 37.0 Å². The molecular formula is C18H32N4O2. The van der Waals surface area contributed by atoms with Gasteiger partial charge >= 0.3 is 0 Å². The number of nitrogens with zero attached hydrogens (tertiary/aromatic N) is 2. The number of methoxy groups -OCH3 is 1. The van der Waals surface area contributed by atoms with E-state index in [1.165, 1.54) is 0 Å². The summed E-state index contributed by atoms with van der Waals surface area (Å²) >= 11 is 0. The number of aliphatic imine (C=N–C) groups is 1. The van der Waals surface area contributed by atoms with Gasteiger partial charge in [-0.25, -0.2) is 0 Å². The molecule has 0 fully saturated rings. The molecule has 2 N–H and O–H groups in total. The van der Waals surface area contributed by atoms with Crippen molar-refractivity contribution in [3.63, 3.8) is 0 Å². The summed E-state index contributed by atoms with van der Waals surface area (Å²) in [6, 6.07) is 6.20. The summed E-state index contributed by atoms with van der Waals surface area (Å²) in [5.74, 6) is 2.18. The first-order valence-electron chi connectivity index (χ1n) is 8.62. The number of likely N-dealkylation sites (N-methyl/N-ethyl adjacent to an activating group) is 1. The van der Waals surface area contributed by atoms with Crippen LogP contribution >= 0.6 is 0 Å². The Balaban J connectivity index is 2.68. The number of guanidine groups is 1. The topological polar surface area (TPSA) is 58.1 Å². The Morgan fingerprint density at radius 1 is 1.21 bits per heavy atom. The number of hydrogen-bond donors (Lipinski definition) is 2. The van der Waals surface area contributed by atoms with Crippen LogP contribution in [-0.4, -0.2) is 57.3 Å². The lowest BCUT2D eigenvalue weighted by molar-refractivity contribution is 0.232. The molecule has 1 rings (SSSR count). The standard InChI is InChI=1S/C18H32N4O2/c1-7-22(8-2)14(4)13-20-18(19-5)21-15-10-11-16(24-9-3)17(12-15)23-6/h10-12,14H,7-9,13H2,1-6H3,(H2,19,20,21). The van der Waals surface area contributed by atoms with E-state index in [-0.39, 0.29) is 0 Å². The largest absolute Gasteiger partial charge is 0.493 e. The van der Waals surface area contributed by atoms with E-state index < -0.39 is 0 Å². The van der Waals surface area contributed by atoms with Crippen LogP contribution in [0.5, 0.6) is 11.5 Å². The molecule has 0 aromatic heterocycles. The highest BCUT2D eigenvalue weighted by molar-refractivity contribution is 5.93. The van der Waals surface area contributed by atoms with Gasteiger partial charge in [0.15, 0.2) is 17.5 Å². The lowest BCUT2D eigenvalue weighted by Gasteiger charge is -2.27.